The summed E-state index contributed by atoms with van der Waals surface area (Å²) in [5.74, 6) is -13.2. The van der Waals surface area contributed by atoms with Gasteiger partial charge in [-0.3, -0.25) is 52.9 Å². The summed E-state index contributed by atoms with van der Waals surface area (Å²) in [7, 11) is 0. The van der Waals surface area contributed by atoms with Crippen molar-refractivity contribution in [2.45, 2.75) is 100 Å². The molecule has 0 spiro atoms. The standard InChI is InChI=1S/C31H51N13O14/c32-13(9-21(34)47)24(51)41-16(10-22(35)48)26(53)42-17(11-23(49)50)27(54)39-14(5-6-20(33)46)25(52)40-15(3-1-7-38-31(36)37)29(56)44-8-2-4-19(44)28(55)43-18(12-45)30(57)58/h13-19,45H,1-12,32H2,(H2,33,46)(H2,34,47)(H2,35,48)(H,39,54)(H,40,52)(H,41,51)(H,42,53)(H,43,55)(H,49,50)(H,57,58)(H4,36,37,38)/t13-,14-,15-,16-,17-,18-,19-/m0/s1. The lowest BCUT2D eigenvalue weighted by atomic mass is 10.0. The van der Waals surface area contributed by atoms with Gasteiger partial charge in [0.1, 0.15) is 36.3 Å². The first kappa shape index (κ1) is 49.4. The minimum absolute atomic E-state index is 0.0132. The quantitative estimate of drug-likeness (QED) is 0.0219. The summed E-state index contributed by atoms with van der Waals surface area (Å²) in [6.07, 6.45) is -3.49. The molecule has 0 aliphatic carbocycles. The zero-order valence-corrected chi connectivity index (χ0v) is 31.2. The van der Waals surface area contributed by atoms with E-state index in [-0.39, 0.29) is 44.7 Å². The fourth-order valence-corrected chi connectivity index (χ4v) is 5.47. The molecular formula is C31H51N13O14. The number of carboxylic acid groups (broad SMARTS) is 2. The van der Waals surface area contributed by atoms with Crippen LogP contribution in [0.25, 0.3) is 0 Å². The molecule has 0 bridgehead atoms. The van der Waals surface area contributed by atoms with Gasteiger partial charge in [-0.2, -0.15) is 0 Å². The second kappa shape index (κ2) is 24.1. The van der Waals surface area contributed by atoms with Crippen LogP contribution in [0.3, 0.4) is 0 Å². The molecule has 1 aliphatic rings. The van der Waals surface area contributed by atoms with Crippen LogP contribution < -0.4 is 61.0 Å². The fourth-order valence-electron chi connectivity index (χ4n) is 5.47. The number of hydrogen-bond donors (Lipinski definition) is 14. The molecular weight excluding hydrogens is 778 g/mol. The van der Waals surface area contributed by atoms with Crippen molar-refractivity contribution in [3.8, 4) is 0 Å². The smallest absolute Gasteiger partial charge is 0.328 e. The Morgan fingerprint density at radius 3 is 1.71 bits per heavy atom. The lowest BCUT2D eigenvalue weighted by molar-refractivity contribution is -0.146. The van der Waals surface area contributed by atoms with Gasteiger partial charge in [0, 0.05) is 19.5 Å². The van der Waals surface area contributed by atoms with Crippen LogP contribution in [-0.4, -0.2) is 153 Å². The van der Waals surface area contributed by atoms with E-state index in [2.05, 4.69) is 26.3 Å². The number of nitrogens with two attached hydrogens (primary N) is 6. The summed E-state index contributed by atoms with van der Waals surface area (Å²) in [4.78, 5) is 142. The summed E-state index contributed by atoms with van der Waals surface area (Å²) in [6.45, 7) is -0.992. The normalized spacial score (nSPS) is 16.4. The Morgan fingerprint density at radius 2 is 1.19 bits per heavy atom. The molecule has 58 heavy (non-hydrogen) atoms. The Kier molecular flexibility index (Phi) is 20.5. The number of nitrogens with zero attached hydrogens (tertiary/aromatic N) is 2. The molecule has 20 N–H and O–H groups in total. The van der Waals surface area contributed by atoms with Crippen molar-refractivity contribution in [3.63, 3.8) is 0 Å². The van der Waals surface area contributed by atoms with E-state index in [4.69, 9.17) is 34.4 Å². The second-order valence-corrected chi connectivity index (χ2v) is 13.0. The van der Waals surface area contributed by atoms with Crippen LogP contribution in [0.5, 0.6) is 0 Å². The van der Waals surface area contributed by atoms with Crippen LogP contribution in [0.1, 0.15) is 57.8 Å². The van der Waals surface area contributed by atoms with Crippen molar-refractivity contribution in [2.24, 2.45) is 39.4 Å². The van der Waals surface area contributed by atoms with E-state index in [1.807, 2.05) is 5.32 Å². The third-order valence-corrected chi connectivity index (χ3v) is 8.32. The number of nitrogens with one attached hydrogen (secondary N) is 5. The van der Waals surface area contributed by atoms with Crippen LogP contribution in [0.4, 0.5) is 0 Å². The highest BCUT2D eigenvalue weighted by molar-refractivity contribution is 5.99. The summed E-state index contributed by atoms with van der Waals surface area (Å²) in [6, 6.07) is -11.5. The van der Waals surface area contributed by atoms with E-state index in [0.717, 1.165) is 4.90 Å². The van der Waals surface area contributed by atoms with Gasteiger partial charge in [-0.1, -0.05) is 0 Å². The van der Waals surface area contributed by atoms with Crippen molar-refractivity contribution < 1.29 is 68.1 Å². The van der Waals surface area contributed by atoms with Crippen molar-refractivity contribution in [3.05, 3.63) is 0 Å². The molecule has 0 radical (unpaired) electrons. The highest BCUT2D eigenvalue weighted by Gasteiger charge is 2.40. The Bertz CT molecular complexity index is 1610. The molecule has 1 aliphatic heterocycles. The molecule has 0 aromatic heterocycles. The number of amides is 9. The zero-order valence-electron chi connectivity index (χ0n) is 31.2. The van der Waals surface area contributed by atoms with Gasteiger partial charge in [-0.15, -0.1) is 0 Å². The van der Waals surface area contributed by atoms with Gasteiger partial charge >= 0.3 is 11.9 Å². The lowest BCUT2D eigenvalue weighted by Crippen LogP contribution is -2.60. The number of aliphatic imine (C=N–C) groups is 1. The third-order valence-electron chi connectivity index (χ3n) is 8.32. The average molecular weight is 830 g/mol. The number of likely N-dealkylation sites (tertiary alicyclic amines) is 1. The Hall–Kier alpha value is -6.64. The van der Waals surface area contributed by atoms with E-state index in [1.54, 1.807) is 0 Å². The third kappa shape index (κ3) is 17.4. The molecule has 7 atom stereocenters. The Balaban J connectivity index is 3.42. The molecule has 27 heteroatoms. The predicted molar refractivity (Wildman–Crippen MR) is 195 cm³/mol. The number of aliphatic hydroxyl groups excluding tert-OH is 1. The molecule has 0 saturated carbocycles. The van der Waals surface area contributed by atoms with Gasteiger partial charge in [0.2, 0.25) is 53.2 Å². The van der Waals surface area contributed by atoms with Crippen molar-refractivity contribution >= 4 is 71.1 Å². The van der Waals surface area contributed by atoms with Gasteiger partial charge in [-0.05, 0) is 32.1 Å². The lowest BCUT2D eigenvalue weighted by Gasteiger charge is -2.30. The minimum atomic E-state index is -2.02. The summed E-state index contributed by atoms with van der Waals surface area (Å²) < 4.78 is 0. The molecule has 1 rings (SSSR count). The van der Waals surface area contributed by atoms with Gasteiger partial charge in [0.05, 0.1) is 31.9 Å². The molecule has 9 amide bonds. The van der Waals surface area contributed by atoms with Gasteiger partial charge in [-0.25, -0.2) is 4.79 Å². The number of rotatable bonds is 26. The SMILES string of the molecule is NC(=O)CC[C@H](NC(=O)[C@H](CC(=O)O)NC(=O)[C@H](CC(N)=O)NC(=O)[C@@H](N)CC(N)=O)C(=O)N[C@@H](CCCN=C(N)N)C(=O)N1CCC[C@H]1C(=O)N[C@@H](CO)C(=O)O. The number of carboxylic acids is 2. The second-order valence-electron chi connectivity index (χ2n) is 13.0. The van der Waals surface area contributed by atoms with Crippen molar-refractivity contribution in [1.82, 2.24) is 31.5 Å². The van der Waals surface area contributed by atoms with E-state index in [0.29, 0.717) is 0 Å². The van der Waals surface area contributed by atoms with Gasteiger partial charge in [0.25, 0.3) is 0 Å². The molecule has 1 heterocycles. The summed E-state index contributed by atoms with van der Waals surface area (Å²) in [5.41, 5.74) is 31.8. The Morgan fingerprint density at radius 1 is 0.655 bits per heavy atom. The molecule has 0 aromatic rings. The summed E-state index contributed by atoms with van der Waals surface area (Å²) >= 11 is 0. The first-order chi connectivity index (χ1) is 27.1. The highest BCUT2D eigenvalue weighted by Crippen LogP contribution is 2.20. The van der Waals surface area contributed by atoms with E-state index in [1.165, 1.54) is 0 Å². The van der Waals surface area contributed by atoms with Crippen molar-refractivity contribution in [1.29, 1.82) is 0 Å². The van der Waals surface area contributed by atoms with E-state index < -0.39 is 146 Å². The Labute approximate surface area is 329 Å². The average Bonchev–Trinajstić information content (AvgIpc) is 3.61. The highest BCUT2D eigenvalue weighted by atomic mass is 16.4. The number of carbonyl (C=O) groups excluding carboxylic acids is 9. The molecule has 0 unspecified atom stereocenters. The van der Waals surface area contributed by atoms with Crippen LogP contribution >= 0.6 is 0 Å². The number of guanidine groups is 1. The maximum atomic E-state index is 13.9. The van der Waals surface area contributed by atoms with Crippen LogP contribution in [0, 0.1) is 0 Å². The zero-order chi connectivity index (χ0) is 44.3. The monoisotopic (exact) mass is 829 g/mol. The van der Waals surface area contributed by atoms with Crippen LogP contribution in [0.15, 0.2) is 4.99 Å². The molecule has 324 valence electrons. The summed E-state index contributed by atoms with van der Waals surface area (Å²) in [5, 5.41) is 38.9. The predicted octanol–water partition coefficient (Wildman–Crippen LogP) is -8.65. The first-order valence-electron chi connectivity index (χ1n) is 17.6. The maximum Gasteiger partial charge on any atom is 0.328 e. The number of aliphatic hydroxyl groups is 1. The van der Waals surface area contributed by atoms with Crippen molar-refractivity contribution in [2.75, 3.05) is 19.7 Å². The molecule has 27 nitrogen and oxygen atoms in total. The number of primary amides is 3. The first-order valence-corrected chi connectivity index (χ1v) is 17.6. The number of aliphatic carboxylic acids is 2. The number of hydrogen-bond acceptors (Lipinski definition) is 14. The van der Waals surface area contributed by atoms with E-state index >= 15 is 0 Å². The largest absolute Gasteiger partial charge is 0.481 e. The fraction of sp³-hybridized carbons (Fsp3) is 0.613. The van der Waals surface area contributed by atoms with Gasteiger partial charge in [0.15, 0.2) is 5.96 Å². The molecule has 1 saturated heterocycles. The minimum Gasteiger partial charge on any atom is -0.481 e. The molecule has 1 fully saturated rings. The maximum absolute atomic E-state index is 13.9. The molecule has 0 aromatic carbocycles. The van der Waals surface area contributed by atoms with Crippen LogP contribution in [0.2, 0.25) is 0 Å². The number of carbonyl (C=O) groups is 11. The van der Waals surface area contributed by atoms with E-state index in [9.17, 15) is 68.1 Å². The topological polar surface area (TPSA) is 480 Å². The van der Waals surface area contributed by atoms with Gasteiger partial charge < -0.3 is 81.2 Å². The van der Waals surface area contributed by atoms with Crippen LogP contribution in [-0.2, 0) is 52.7 Å².